The second-order valence-corrected chi connectivity index (χ2v) is 5.56. The van der Waals surface area contributed by atoms with Gasteiger partial charge in [0.15, 0.2) is 0 Å². The Bertz CT molecular complexity index is 927. The van der Waals surface area contributed by atoms with Crippen molar-refractivity contribution in [1.29, 1.82) is 0 Å². The van der Waals surface area contributed by atoms with E-state index in [4.69, 9.17) is 5.73 Å². The van der Waals surface area contributed by atoms with Crippen LogP contribution in [-0.2, 0) is 0 Å². The van der Waals surface area contributed by atoms with Gasteiger partial charge in [-0.25, -0.2) is 9.97 Å². The molecule has 2 heterocycles. The zero-order valence-corrected chi connectivity index (χ0v) is 11.4. The van der Waals surface area contributed by atoms with E-state index < -0.39 is 0 Å². The van der Waals surface area contributed by atoms with Crippen LogP contribution in [0.1, 0.15) is 0 Å². The third-order valence-corrected chi connectivity index (χ3v) is 4.35. The first-order valence-electron chi connectivity index (χ1n) is 6.30. The monoisotopic (exact) mass is 277 g/mol. The van der Waals surface area contributed by atoms with E-state index in [1.807, 2.05) is 6.07 Å². The molecule has 0 unspecified atom stereocenters. The zero-order chi connectivity index (χ0) is 13.5. The SMILES string of the molecule is Nc1ncc2cc(-c3csc4ccccc34)ccc2n1. The Morgan fingerprint density at radius 1 is 1.05 bits per heavy atom. The number of nitrogens with zero attached hydrogens (tertiary/aromatic N) is 2. The number of rotatable bonds is 1. The van der Waals surface area contributed by atoms with Crippen LogP contribution in [0.5, 0.6) is 0 Å². The summed E-state index contributed by atoms with van der Waals surface area (Å²) in [4.78, 5) is 8.29. The highest BCUT2D eigenvalue weighted by Crippen LogP contribution is 2.34. The fourth-order valence-corrected chi connectivity index (χ4v) is 3.39. The van der Waals surface area contributed by atoms with E-state index in [1.165, 1.54) is 21.2 Å². The average Bonchev–Trinajstić information content (AvgIpc) is 2.91. The van der Waals surface area contributed by atoms with Crippen LogP contribution < -0.4 is 5.73 Å². The van der Waals surface area contributed by atoms with E-state index in [0.717, 1.165) is 10.9 Å². The zero-order valence-electron chi connectivity index (χ0n) is 10.6. The normalized spacial score (nSPS) is 11.2. The number of benzene rings is 2. The summed E-state index contributed by atoms with van der Waals surface area (Å²) < 4.78 is 1.30. The van der Waals surface area contributed by atoms with Crippen molar-refractivity contribution in [1.82, 2.24) is 9.97 Å². The number of nitrogens with two attached hydrogens (primary N) is 1. The van der Waals surface area contributed by atoms with E-state index in [9.17, 15) is 0 Å². The molecule has 2 N–H and O–H groups in total. The predicted octanol–water partition coefficient (Wildman–Crippen LogP) is 4.09. The van der Waals surface area contributed by atoms with Gasteiger partial charge in [0.1, 0.15) is 0 Å². The van der Waals surface area contributed by atoms with Gasteiger partial charge in [0.2, 0.25) is 5.95 Å². The first kappa shape index (κ1) is 11.4. The van der Waals surface area contributed by atoms with E-state index in [1.54, 1.807) is 17.5 Å². The van der Waals surface area contributed by atoms with Gasteiger partial charge in [0.25, 0.3) is 0 Å². The summed E-state index contributed by atoms with van der Waals surface area (Å²) in [6, 6.07) is 14.6. The van der Waals surface area contributed by atoms with Gasteiger partial charge in [-0.1, -0.05) is 24.3 Å². The van der Waals surface area contributed by atoms with Gasteiger partial charge >= 0.3 is 0 Å². The van der Waals surface area contributed by atoms with Crippen molar-refractivity contribution in [3.63, 3.8) is 0 Å². The number of thiophene rings is 1. The average molecular weight is 277 g/mol. The molecule has 96 valence electrons. The van der Waals surface area contributed by atoms with Gasteiger partial charge in [-0.15, -0.1) is 11.3 Å². The summed E-state index contributed by atoms with van der Waals surface area (Å²) in [5, 5.41) is 4.49. The number of hydrogen-bond acceptors (Lipinski definition) is 4. The molecule has 0 aliphatic carbocycles. The molecule has 20 heavy (non-hydrogen) atoms. The Hall–Kier alpha value is -2.46. The topological polar surface area (TPSA) is 51.8 Å². The molecule has 3 nitrogen and oxygen atoms in total. The molecule has 0 spiro atoms. The molecule has 0 saturated heterocycles. The molecule has 0 atom stereocenters. The molecule has 0 saturated carbocycles. The lowest BCUT2D eigenvalue weighted by Crippen LogP contribution is -1.93. The molecular weight excluding hydrogens is 266 g/mol. The van der Waals surface area contributed by atoms with Crippen molar-refractivity contribution in [2.24, 2.45) is 0 Å². The third kappa shape index (κ3) is 1.73. The summed E-state index contributed by atoms with van der Waals surface area (Å²) in [6.45, 7) is 0. The molecule has 4 heteroatoms. The van der Waals surface area contributed by atoms with Crippen LogP contribution in [0.25, 0.3) is 32.1 Å². The summed E-state index contributed by atoms with van der Waals surface area (Å²) in [5.74, 6) is 0.311. The Morgan fingerprint density at radius 2 is 1.95 bits per heavy atom. The maximum atomic E-state index is 5.61. The fraction of sp³-hybridized carbons (Fsp3) is 0. The molecule has 2 aromatic heterocycles. The lowest BCUT2D eigenvalue weighted by atomic mass is 10.0. The number of nitrogen functional groups attached to an aromatic ring is 1. The molecule has 2 aromatic carbocycles. The fourth-order valence-electron chi connectivity index (χ4n) is 2.42. The van der Waals surface area contributed by atoms with Crippen LogP contribution in [0.2, 0.25) is 0 Å². The molecule has 0 aliphatic rings. The molecule has 4 rings (SSSR count). The highest BCUT2D eigenvalue weighted by Gasteiger charge is 2.07. The van der Waals surface area contributed by atoms with Crippen LogP contribution in [0.15, 0.2) is 54.0 Å². The molecule has 0 amide bonds. The van der Waals surface area contributed by atoms with Crippen molar-refractivity contribution in [3.8, 4) is 11.1 Å². The van der Waals surface area contributed by atoms with Crippen molar-refractivity contribution in [2.45, 2.75) is 0 Å². The second kappa shape index (κ2) is 4.28. The largest absolute Gasteiger partial charge is 0.368 e. The van der Waals surface area contributed by atoms with Gasteiger partial charge in [0.05, 0.1) is 5.52 Å². The maximum Gasteiger partial charge on any atom is 0.220 e. The van der Waals surface area contributed by atoms with E-state index >= 15 is 0 Å². The maximum absolute atomic E-state index is 5.61. The second-order valence-electron chi connectivity index (χ2n) is 4.65. The Labute approximate surface area is 119 Å². The van der Waals surface area contributed by atoms with Crippen LogP contribution in [0, 0.1) is 0 Å². The minimum atomic E-state index is 0.311. The molecule has 0 aliphatic heterocycles. The number of aromatic nitrogens is 2. The van der Waals surface area contributed by atoms with E-state index in [-0.39, 0.29) is 0 Å². The summed E-state index contributed by atoms with van der Waals surface area (Å²) in [7, 11) is 0. The number of fused-ring (bicyclic) bond motifs is 2. The van der Waals surface area contributed by atoms with Crippen LogP contribution in [-0.4, -0.2) is 9.97 Å². The highest BCUT2D eigenvalue weighted by molar-refractivity contribution is 7.17. The Kier molecular flexibility index (Phi) is 2.44. The lowest BCUT2D eigenvalue weighted by molar-refractivity contribution is 1.24. The van der Waals surface area contributed by atoms with Crippen molar-refractivity contribution in [3.05, 3.63) is 54.0 Å². The summed E-state index contributed by atoms with van der Waals surface area (Å²) in [6.07, 6.45) is 1.77. The lowest BCUT2D eigenvalue weighted by Gasteiger charge is -2.03. The van der Waals surface area contributed by atoms with Gasteiger partial charge in [-0.05, 0) is 29.1 Å². The smallest absolute Gasteiger partial charge is 0.220 e. The molecule has 4 aromatic rings. The van der Waals surface area contributed by atoms with Gasteiger partial charge < -0.3 is 5.73 Å². The van der Waals surface area contributed by atoms with E-state index in [2.05, 4.69) is 51.7 Å². The van der Waals surface area contributed by atoms with Crippen molar-refractivity contribution >= 4 is 38.3 Å². The van der Waals surface area contributed by atoms with Crippen molar-refractivity contribution in [2.75, 3.05) is 5.73 Å². The number of anilines is 1. The van der Waals surface area contributed by atoms with E-state index in [0.29, 0.717) is 5.95 Å². The third-order valence-electron chi connectivity index (χ3n) is 3.39. The van der Waals surface area contributed by atoms with Gasteiger partial charge in [0, 0.05) is 27.2 Å². The molecular formula is C16H11N3S. The standard InChI is InChI=1S/C16H11N3S/c17-16-18-8-11-7-10(5-6-14(11)19-16)13-9-20-15-4-2-1-3-12(13)15/h1-9H,(H2,17,18,19). The Morgan fingerprint density at radius 3 is 2.90 bits per heavy atom. The van der Waals surface area contributed by atoms with Gasteiger partial charge in [-0.3, -0.25) is 0 Å². The minimum Gasteiger partial charge on any atom is -0.368 e. The van der Waals surface area contributed by atoms with Crippen molar-refractivity contribution < 1.29 is 0 Å². The first-order chi connectivity index (χ1) is 9.81. The predicted molar refractivity (Wildman–Crippen MR) is 84.8 cm³/mol. The van der Waals surface area contributed by atoms with Crippen LogP contribution >= 0.6 is 11.3 Å². The first-order valence-corrected chi connectivity index (χ1v) is 7.18. The summed E-state index contributed by atoms with van der Waals surface area (Å²) in [5.41, 5.74) is 8.92. The minimum absolute atomic E-state index is 0.311. The molecule has 0 bridgehead atoms. The molecule has 0 fully saturated rings. The quantitative estimate of drug-likeness (QED) is 0.570. The summed E-state index contributed by atoms with van der Waals surface area (Å²) >= 11 is 1.77. The highest BCUT2D eigenvalue weighted by atomic mass is 32.1. The van der Waals surface area contributed by atoms with Crippen LogP contribution in [0.3, 0.4) is 0 Å². The Balaban J connectivity index is 1.96. The van der Waals surface area contributed by atoms with Crippen LogP contribution in [0.4, 0.5) is 5.95 Å². The van der Waals surface area contributed by atoms with Gasteiger partial charge in [-0.2, -0.15) is 0 Å². The molecule has 0 radical (unpaired) electrons. The number of hydrogen-bond donors (Lipinski definition) is 1.